The van der Waals surface area contributed by atoms with Gasteiger partial charge in [-0.2, -0.15) is 0 Å². The highest BCUT2D eigenvalue weighted by molar-refractivity contribution is 6.11. The Morgan fingerprint density at radius 3 is 1.14 bits per heavy atom. The molecule has 14 rings (SSSR count). The van der Waals surface area contributed by atoms with Crippen molar-refractivity contribution in [3.05, 3.63) is 249 Å². The van der Waals surface area contributed by atoms with E-state index >= 15 is 0 Å². The standard InChI is InChI=1S/C65H41N7/c1-5-25-57-50(19-1)51-20-2-6-26-58(51)71(57)48-17-13-15-46(39-48)54-41-68-61(47-16-14-18-49(40-47)72-59-27-7-3-21-52(59)53-22-4-8-28-60(53)72)65-64(54)69-62(44-33-29-42(30-34-44)55-23-9-11-37-66-55)63(70-65)45-35-31-43(32-36-45)56-24-10-12-38-67-56/h1-41H. The van der Waals surface area contributed by atoms with Gasteiger partial charge in [0.15, 0.2) is 0 Å². The summed E-state index contributed by atoms with van der Waals surface area (Å²) in [4.78, 5) is 26.2. The van der Waals surface area contributed by atoms with E-state index in [1.807, 2.05) is 55.0 Å². The van der Waals surface area contributed by atoms with Crippen LogP contribution in [0.5, 0.6) is 0 Å². The zero-order valence-electron chi connectivity index (χ0n) is 38.8. The normalized spacial score (nSPS) is 11.6. The van der Waals surface area contributed by atoms with E-state index in [0.29, 0.717) is 5.52 Å². The first kappa shape index (κ1) is 41.2. The van der Waals surface area contributed by atoms with Gasteiger partial charge in [0.2, 0.25) is 0 Å². The van der Waals surface area contributed by atoms with Crippen LogP contribution in [0.1, 0.15) is 0 Å². The van der Waals surface area contributed by atoms with E-state index in [-0.39, 0.29) is 0 Å². The van der Waals surface area contributed by atoms with E-state index in [0.717, 1.165) is 106 Å². The maximum atomic E-state index is 5.77. The van der Waals surface area contributed by atoms with Crippen LogP contribution in [0, 0.1) is 0 Å². The Balaban J connectivity index is 1.02. The second-order valence-electron chi connectivity index (χ2n) is 18.1. The highest BCUT2D eigenvalue weighted by Crippen LogP contribution is 2.41. The van der Waals surface area contributed by atoms with Gasteiger partial charge in [-0.05, 0) is 78.4 Å². The Morgan fingerprint density at radius 1 is 0.278 bits per heavy atom. The quantitative estimate of drug-likeness (QED) is 0.152. The van der Waals surface area contributed by atoms with Crippen molar-refractivity contribution in [2.24, 2.45) is 0 Å². The van der Waals surface area contributed by atoms with Crippen molar-refractivity contribution in [1.29, 1.82) is 0 Å². The number of aromatic nitrogens is 7. The van der Waals surface area contributed by atoms with Crippen LogP contribution in [0.15, 0.2) is 249 Å². The molecule has 0 atom stereocenters. The molecule has 0 amide bonds. The lowest BCUT2D eigenvalue weighted by molar-refractivity contribution is 1.18. The molecule has 0 N–H and O–H groups in total. The molecule has 0 bridgehead atoms. The molecule has 7 heteroatoms. The number of pyridine rings is 3. The summed E-state index contributed by atoms with van der Waals surface area (Å²) in [6.45, 7) is 0. The topological polar surface area (TPSA) is 74.3 Å². The van der Waals surface area contributed by atoms with Crippen molar-refractivity contribution in [2.75, 3.05) is 0 Å². The largest absolute Gasteiger partial charge is 0.309 e. The summed E-state index contributed by atoms with van der Waals surface area (Å²) in [6, 6.07) is 80.8. The zero-order valence-corrected chi connectivity index (χ0v) is 38.8. The number of benzene rings is 8. The predicted octanol–water partition coefficient (Wildman–Crippen LogP) is 16.0. The summed E-state index contributed by atoms with van der Waals surface area (Å²) in [7, 11) is 0. The van der Waals surface area contributed by atoms with Crippen molar-refractivity contribution < 1.29 is 0 Å². The van der Waals surface area contributed by atoms with Crippen LogP contribution in [0.3, 0.4) is 0 Å². The molecular weight excluding hydrogens is 879 g/mol. The van der Waals surface area contributed by atoms with Crippen molar-refractivity contribution in [3.8, 4) is 78.8 Å². The Kier molecular flexibility index (Phi) is 9.70. The van der Waals surface area contributed by atoms with E-state index < -0.39 is 0 Å². The number of hydrogen-bond acceptors (Lipinski definition) is 5. The highest BCUT2D eigenvalue weighted by Gasteiger charge is 2.22. The van der Waals surface area contributed by atoms with Crippen LogP contribution >= 0.6 is 0 Å². The van der Waals surface area contributed by atoms with Crippen LogP contribution in [0.2, 0.25) is 0 Å². The van der Waals surface area contributed by atoms with Gasteiger partial charge in [-0.25, -0.2) is 9.97 Å². The Bertz CT molecular complexity index is 3980. The van der Waals surface area contributed by atoms with Crippen molar-refractivity contribution in [2.45, 2.75) is 0 Å². The average molecular weight is 920 g/mol. The number of para-hydroxylation sites is 4. The van der Waals surface area contributed by atoms with Gasteiger partial charge in [0.25, 0.3) is 0 Å². The van der Waals surface area contributed by atoms with Crippen molar-refractivity contribution in [1.82, 2.24) is 34.1 Å². The van der Waals surface area contributed by atoms with Gasteiger partial charge in [-0.3, -0.25) is 15.0 Å². The molecule has 0 aliphatic rings. The molecule has 0 unspecified atom stereocenters. The second kappa shape index (κ2) is 17.0. The maximum absolute atomic E-state index is 5.77. The molecule has 336 valence electrons. The Labute approximate surface area is 414 Å². The minimum absolute atomic E-state index is 0.701. The lowest BCUT2D eigenvalue weighted by atomic mass is 9.98. The summed E-state index contributed by atoms with van der Waals surface area (Å²) in [5, 5.41) is 4.84. The summed E-state index contributed by atoms with van der Waals surface area (Å²) >= 11 is 0. The van der Waals surface area contributed by atoms with Crippen molar-refractivity contribution in [3.63, 3.8) is 0 Å². The Hall–Kier alpha value is -9.85. The summed E-state index contributed by atoms with van der Waals surface area (Å²) in [6.07, 6.45) is 5.64. The van der Waals surface area contributed by atoms with Gasteiger partial charge in [-0.1, -0.05) is 158 Å². The van der Waals surface area contributed by atoms with Crippen LogP contribution in [0.4, 0.5) is 0 Å². The molecule has 0 fully saturated rings. The van der Waals surface area contributed by atoms with E-state index in [1.165, 1.54) is 21.5 Å². The molecule has 0 spiro atoms. The lowest BCUT2D eigenvalue weighted by Gasteiger charge is -2.17. The summed E-state index contributed by atoms with van der Waals surface area (Å²) in [5.74, 6) is 0. The van der Waals surface area contributed by atoms with E-state index in [1.54, 1.807) is 0 Å². The van der Waals surface area contributed by atoms with Gasteiger partial charge in [0.1, 0.15) is 11.0 Å². The molecule has 7 nitrogen and oxygen atoms in total. The number of fused-ring (bicyclic) bond motifs is 7. The first-order valence-corrected chi connectivity index (χ1v) is 24.1. The molecular formula is C65H41N7. The average Bonchev–Trinajstić information content (AvgIpc) is 3.98. The third-order valence-corrected chi connectivity index (χ3v) is 13.9. The monoisotopic (exact) mass is 919 g/mol. The van der Waals surface area contributed by atoms with E-state index in [9.17, 15) is 0 Å². The van der Waals surface area contributed by atoms with Gasteiger partial charge < -0.3 is 9.13 Å². The SMILES string of the molecule is c1ccc(-c2ccc(-c3nc4c(-c5cccc(-n6c7ccccc7c7ccccc76)c5)cnc(-c5cccc(-n6c7ccccc7c7ccccc76)c5)c4nc3-c3ccc(-c4ccccn4)cc3)cc2)nc1. The molecule has 14 aromatic rings. The van der Waals surface area contributed by atoms with Crippen molar-refractivity contribution >= 4 is 54.6 Å². The van der Waals surface area contributed by atoms with Gasteiger partial charge in [0.05, 0.1) is 50.5 Å². The van der Waals surface area contributed by atoms with Crippen LogP contribution in [-0.2, 0) is 0 Å². The van der Waals surface area contributed by atoms with Gasteiger partial charge >= 0.3 is 0 Å². The number of hydrogen-bond donors (Lipinski definition) is 0. The molecule has 6 heterocycles. The maximum Gasteiger partial charge on any atom is 0.116 e. The third-order valence-electron chi connectivity index (χ3n) is 13.9. The minimum atomic E-state index is 0.701. The molecule has 0 saturated heterocycles. The molecule has 0 saturated carbocycles. The molecule has 72 heavy (non-hydrogen) atoms. The fraction of sp³-hybridized carbons (Fsp3) is 0. The highest BCUT2D eigenvalue weighted by atomic mass is 15.0. The third kappa shape index (κ3) is 6.86. The van der Waals surface area contributed by atoms with E-state index in [4.69, 9.17) is 15.0 Å². The predicted molar refractivity (Wildman–Crippen MR) is 294 cm³/mol. The smallest absolute Gasteiger partial charge is 0.116 e. The van der Waals surface area contributed by atoms with Gasteiger partial charge in [0, 0.05) is 84.9 Å². The van der Waals surface area contributed by atoms with Crippen LogP contribution in [0.25, 0.3) is 133 Å². The number of nitrogens with zero attached hydrogens (tertiary/aromatic N) is 7. The second-order valence-corrected chi connectivity index (χ2v) is 18.1. The molecule has 0 aliphatic carbocycles. The summed E-state index contributed by atoms with van der Waals surface area (Å²) in [5.41, 5.74) is 18.9. The fourth-order valence-electron chi connectivity index (χ4n) is 10.5. The van der Waals surface area contributed by atoms with Crippen LogP contribution < -0.4 is 0 Å². The first-order chi connectivity index (χ1) is 35.7. The first-order valence-electron chi connectivity index (χ1n) is 24.1. The molecule has 0 radical (unpaired) electrons. The summed E-state index contributed by atoms with van der Waals surface area (Å²) < 4.78 is 4.70. The molecule has 6 aromatic heterocycles. The molecule has 8 aromatic carbocycles. The lowest BCUT2D eigenvalue weighted by Crippen LogP contribution is -2.01. The van der Waals surface area contributed by atoms with Crippen LogP contribution in [-0.4, -0.2) is 34.1 Å². The molecule has 0 aliphatic heterocycles. The Morgan fingerprint density at radius 2 is 0.681 bits per heavy atom. The van der Waals surface area contributed by atoms with E-state index in [2.05, 4.69) is 213 Å². The minimum Gasteiger partial charge on any atom is -0.309 e. The van der Waals surface area contributed by atoms with Gasteiger partial charge in [-0.15, -0.1) is 0 Å². The fourth-order valence-corrected chi connectivity index (χ4v) is 10.5. The number of rotatable bonds is 8. The zero-order chi connectivity index (χ0) is 47.5.